The summed E-state index contributed by atoms with van der Waals surface area (Å²) in [5.74, 6) is -0.917. The maximum absolute atomic E-state index is 10.9. The minimum absolute atomic E-state index is 0.459. The molecule has 0 spiro atoms. The van der Waals surface area contributed by atoms with Crippen LogP contribution in [0.4, 0.5) is 0 Å². The molecule has 6 heteroatoms. The van der Waals surface area contributed by atoms with Gasteiger partial charge < -0.3 is 10.2 Å². The quantitative estimate of drug-likeness (QED) is 0.507. The Morgan fingerprint density at radius 3 is 1.67 bits per heavy atom. The van der Waals surface area contributed by atoms with Crippen molar-refractivity contribution in [1.29, 1.82) is 0 Å². The molecule has 0 fully saturated rings. The van der Waals surface area contributed by atoms with Gasteiger partial charge in [0.1, 0.15) is 0 Å². The van der Waals surface area contributed by atoms with Crippen LogP contribution >= 0.6 is 0 Å². The summed E-state index contributed by atoms with van der Waals surface area (Å²) in [6.07, 6.45) is 0. The van der Waals surface area contributed by atoms with Crippen molar-refractivity contribution in [3.05, 3.63) is 32.8 Å². The van der Waals surface area contributed by atoms with Crippen LogP contribution in [0, 0.1) is 0 Å². The first kappa shape index (κ1) is 6.71. The van der Waals surface area contributed by atoms with E-state index in [1.807, 2.05) is 0 Å². The fourth-order valence-electron chi connectivity index (χ4n) is 1.09. The van der Waals surface area contributed by atoms with Gasteiger partial charge in [0, 0.05) is 0 Å². The lowest BCUT2D eigenvalue weighted by atomic mass is 10.6. The topological polar surface area (TPSA) is 83.4 Å². The smallest absolute Gasteiger partial charge is 0.278 e. The zero-order valence-electron chi connectivity index (χ0n) is 5.76. The number of nitrogens with zero attached hydrogens (tertiary/aromatic N) is 2. The van der Waals surface area contributed by atoms with Gasteiger partial charge in [-0.2, -0.15) is 9.03 Å². The normalized spacial score (nSPS) is 11.0. The molecular formula is C6H4N2O4. The molecule has 0 aromatic carbocycles. The van der Waals surface area contributed by atoms with E-state index in [0.717, 1.165) is 16.6 Å². The first-order chi connectivity index (χ1) is 5.61. The molecule has 0 aliphatic carbocycles. The summed E-state index contributed by atoms with van der Waals surface area (Å²) in [6, 6.07) is 1.70. The summed E-state index contributed by atoms with van der Waals surface area (Å²) >= 11 is 0. The lowest BCUT2D eigenvalue weighted by Crippen LogP contribution is -2.20. The average molecular weight is 168 g/mol. The van der Waals surface area contributed by atoms with Crippen molar-refractivity contribution in [1.82, 2.24) is 9.03 Å². The predicted octanol–water partition coefficient (Wildman–Crippen LogP) is -1.39. The Bertz CT molecular complexity index is 492. The van der Waals surface area contributed by atoms with E-state index in [1.165, 1.54) is 0 Å². The molecule has 2 aromatic heterocycles. The second-order valence-corrected chi connectivity index (χ2v) is 2.31. The van der Waals surface area contributed by atoms with Crippen LogP contribution in [0.25, 0.3) is 0 Å². The summed E-state index contributed by atoms with van der Waals surface area (Å²) in [5, 5.41) is 18.1. The highest BCUT2D eigenvalue weighted by Gasteiger charge is 2.12. The summed E-state index contributed by atoms with van der Waals surface area (Å²) in [5.41, 5.74) is -1.34. The lowest BCUT2D eigenvalue weighted by molar-refractivity contribution is 0.389. The van der Waals surface area contributed by atoms with Gasteiger partial charge in [0.15, 0.2) is 0 Å². The molecule has 2 heterocycles. The number of hydrogen-bond donors (Lipinski definition) is 2. The van der Waals surface area contributed by atoms with Crippen molar-refractivity contribution in [2.75, 3.05) is 0 Å². The third-order valence-corrected chi connectivity index (χ3v) is 1.56. The lowest BCUT2D eigenvalue weighted by Gasteiger charge is -1.89. The average Bonchev–Trinajstić information content (AvgIpc) is 2.38. The molecule has 2 aromatic rings. The number of aromatic nitrogens is 2. The van der Waals surface area contributed by atoms with Crippen molar-refractivity contribution in [3.63, 3.8) is 0 Å². The first-order valence-electron chi connectivity index (χ1n) is 3.10. The third-order valence-electron chi connectivity index (χ3n) is 1.56. The molecule has 0 radical (unpaired) electrons. The summed E-state index contributed by atoms with van der Waals surface area (Å²) in [7, 11) is 0. The number of rotatable bonds is 0. The molecule has 0 aliphatic heterocycles. The Labute approximate surface area is 64.9 Å². The van der Waals surface area contributed by atoms with Crippen molar-refractivity contribution in [2.24, 2.45) is 0 Å². The Kier molecular flexibility index (Phi) is 0.999. The standard InChI is InChI=1S/C6H4N2O4/c9-3-1-4(10)8-6(12)2-5(11)7(3)8/h1-2,9,11H. The van der Waals surface area contributed by atoms with Crippen molar-refractivity contribution in [2.45, 2.75) is 0 Å². The Morgan fingerprint density at radius 2 is 1.33 bits per heavy atom. The third kappa shape index (κ3) is 0.584. The van der Waals surface area contributed by atoms with E-state index in [1.54, 1.807) is 0 Å². The molecule has 0 aliphatic rings. The SMILES string of the molecule is O=c1cc(O)n2c(O)cc(=O)n12. The summed E-state index contributed by atoms with van der Waals surface area (Å²) in [6.45, 7) is 0. The van der Waals surface area contributed by atoms with Crippen LogP contribution in [-0.4, -0.2) is 19.2 Å². The van der Waals surface area contributed by atoms with Crippen LogP contribution in [-0.2, 0) is 0 Å². The van der Waals surface area contributed by atoms with Gasteiger partial charge in [-0.3, -0.25) is 9.59 Å². The second-order valence-electron chi connectivity index (χ2n) is 2.31. The van der Waals surface area contributed by atoms with Crippen LogP contribution in [0.2, 0.25) is 0 Å². The van der Waals surface area contributed by atoms with E-state index < -0.39 is 22.9 Å². The molecular weight excluding hydrogens is 164 g/mol. The fourth-order valence-corrected chi connectivity index (χ4v) is 1.09. The van der Waals surface area contributed by atoms with Crippen LogP contribution in [0.3, 0.4) is 0 Å². The molecule has 0 saturated heterocycles. The monoisotopic (exact) mass is 168 g/mol. The van der Waals surface area contributed by atoms with Gasteiger partial charge in [0.05, 0.1) is 12.1 Å². The van der Waals surface area contributed by atoms with E-state index >= 15 is 0 Å². The van der Waals surface area contributed by atoms with Gasteiger partial charge >= 0.3 is 0 Å². The highest BCUT2D eigenvalue weighted by Crippen LogP contribution is 2.11. The van der Waals surface area contributed by atoms with Crippen molar-refractivity contribution < 1.29 is 10.2 Å². The summed E-state index contributed by atoms with van der Waals surface area (Å²) < 4.78 is 1.36. The molecule has 0 bridgehead atoms. The van der Waals surface area contributed by atoms with E-state index in [0.29, 0.717) is 4.52 Å². The van der Waals surface area contributed by atoms with Gasteiger partial charge in [-0.25, -0.2) is 0 Å². The van der Waals surface area contributed by atoms with Crippen LogP contribution in [0.15, 0.2) is 21.7 Å². The van der Waals surface area contributed by atoms with Gasteiger partial charge in [-0.05, 0) is 0 Å². The van der Waals surface area contributed by atoms with Crippen molar-refractivity contribution in [3.8, 4) is 11.8 Å². The summed E-state index contributed by atoms with van der Waals surface area (Å²) in [4.78, 5) is 21.8. The molecule has 6 nitrogen and oxygen atoms in total. The molecule has 0 saturated carbocycles. The highest BCUT2D eigenvalue weighted by molar-refractivity contribution is 5.19. The van der Waals surface area contributed by atoms with E-state index in [4.69, 9.17) is 10.2 Å². The second kappa shape index (κ2) is 1.79. The molecule has 2 rings (SSSR count). The zero-order valence-corrected chi connectivity index (χ0v) is 5.76. The first-order valence-corrected chi connectivity index (χ1v) is 3.10. The zero-order chi connectivity index (χ0) is 8.88. The van der Waals surface area contributed by atoms with E-state index in [2.05, 4.69) is 0 Å². The Morgan fingerprint density at radius 1 is 0.917 bits per heavy atom. The van der Waals surface area contributed by atoms with E-state index in [9.17, 15) is 9.59 Å². The molecule has 62 valence electrons. The molecule has 0 unspecified atom stereocenters. The molecule has 12 heavy (non-hydrogen) atoms. The van der Waals surface area contributed by atoms with Gasteiger partial charge in [0.2, 0.25) is 11.8 Å². The van der Waals surface area contributed by atoms with Crippen LogP contribution in [0.1, 0.15) is 0 Å². The number of fused-ring (bicyclic) bond motifs is 1. The van der Waals surface area contributed by atoms with Crippen molar-refractivity contribution >= 4 is 0 Å². The van der Waals surface area contributed by atoms with E-state index in [-0.39, 0.29) is 0 Å². The maximum Gasteiger partial charge on any atom is 0.278 e. The molecule has 0 amide bonds. The van der Waals surface area contributed by atoms with Gasteiger partial charge in [0.25, 0.3) is 11.1 Å². The Balaban J connectivity index is 3.23. The minimum atomic E-state index is -0.669. The maximum atomic E-state index is 10.9. The molecule has 2 N–H and O–H groups in total. The number of aromatic hydroxyl groups is 2. The predicted molar refractivity (Wildman–Crippen MR) is 37.9 cm³/mol. The minimum Gasteiger partial charge on any atom is -0.493 e. The largest absolute Gasteiger partial charge is 0.493 e. The number of hydrogen-bond acceptors (Lipinski definition) is 4. The fraction of sp³-hybridized carbons (Fsp3) is 0. The van der Waals surface area contributed by atoms with Gasteiger partial charge in [-0.1, -0.05) is 0 Å². The molecule has 0 atom stereocenters. The van der Waals surface area contributed by atoms with Crippen LogP contribution in [0.5, 0.6) is 11.8 Å². The van der Waals surface area contributed by atoms with Crippen LogP contribution < -0.4 is 11.1 Å². The Hall–Kier alpha value is -1.98. The highest BCUT2D eigenvalue weighted by atomic mass is 16.3. The van der Waals surface area contributed by atoms with Gasteiger partial charge in [-0.15, -0.1) is 0 Å².